The maximum Gasteiger partial charge on any atom is 0.281 e. The number of amides is 2. The van der Waals surface area contributed by atoms with Gasteiger partial charge in [0.05, 0.1) is 36.0 Å². The predicted molar refractivity (Wildman–Crippen MR) is 128 cm³/mol. The van der Waals surface area contributed by atoms with Gasteiger partial charge in [-0.2, -0.15) is 5.10 Å². The summed E-state index contributed by atoms with van der Waals surface area (Å²) in [7, 11) is 0. The summed E-state index contributed by atoms with van der Waals surface area (Å²) >= 11 is 14.4. The lowest BCUT2D eigenvalue weighted by Gasteiger charge is -2.04. The summed E-state index contributed by atoms with van der Waals surface area (Å²) in [6.07, 6.45) is 0.834. The van der Waals surface area contributed by atoms with Crippen LogP contribution in [0.3, 0.4) is 0 Å². The van der Waals surface area contributed by atoms with E-state index in [4.69, 9.17) is 23.2 Å². The van der Waals surface area contributed by atoms with Gasteiger partial charge in [-0.25, -0.2) is 5.43 Å². The lowest BCUT2D eigenvalue weighted by molar-refractivity contribution is 0.0951. The van der Waals surface area contributed by atoms with Crippen LogP contribution < -0.4 is 10.7 Å². The molecule has 0 saturated heterocycles. The van der Waals surface area contributed by atoms with Crippen LogP contribution in [0.5, 0.6) is 5.75 Å². The molecular formula is C21H19Cl2N3O3S2. The Bertz CT molecular complexity index is 1150. The maximum absolute atomic E-state index is 12.4. The van der Waals surface area contributed by atoms with Crippen molar-refractivity contribution in [2.45, 2.75) is 20.3 Å². The number of hydrogen-bond donors (Lipinski definition) is 3. The van der Waals surface area contributed by atoms with Crippen molar-refractivity contribution in [3.63, 3.8) is 0 Å². The quantitative estimate of drug-likeness (QED) is 0.286. The third-order valence-electron chi connectivity index (χ3n) is 4.25. The van der Waals surface area contributed by atoms with Gasteiger partial charge in [-0.3, -0.25) is 9.59 Å². The fraction of sp³-hybridized carbons (Fsp3) is 0.190. The van der Waals surface area contributed by atoms with Crippen LogP contribution in [-0.2, 0) is 0 Å². The molecule has 2 amide bonds. The number of thiophene rings is 2. The van der Waals surface area contributed by atoms with Crippen LogP contribution in [0, 0.1) is 0 Å². The molecule has 10 heteroatoms. The second-order valence-corrected chi connectivity index (χ2v) is 9.29. The molecule has 0 saturated carbocycles. The molecule has 162 valence electrons. The van der Waals surface area contributed by atoms with E-state index in [0.29, 0.717) is 42.5 Å². The van der Waals surface area contributed by atoms with Gasteiger partial charge in [0, 0.05) is 11.9 Å². The van der Waals surface area contributed by atoms with Gasteiger partial charge in [0.2, 0.25) is 0 Å². The van der Waals surface area contributed by atoms with Crippen molar-refractivity contribution in [1.82, 2.24) is 10.7 Å². The van der Waals surface area contributed by atoms with E-state index in [2.05, 4.69) is 15.8 Å². The minimum Gasteiger partial charge on any atom is -0.506 e. The highest BCUT2D eigenvalue weighted by molar-refractivity contribution is 7.16. The Hall–Kier alpha value is -2.39. The van der Waals surface area contributed by atoms with Crippen molar-refractivity contribution >= 4 is 63.4 Å². The predicted octanol–water partition coefficient (Wildman–Crippen LogP) is 5.78. The molecule has 0 aliphatic rings. The topological polar surface area (TPSA) is 90.8 Å². The number of aromatic hydroxyl groups is 1. The lowest BCUT2D eigenvalue weighted by atomic mass is 10.1. The minimum atomic E-state index is -0.432. The fourth-order valence-electron chi connectivity index (χ4n) is 2.61. The lowest BCUT2D eigenvalue weighted by Crippen LogP contribution is -2.23. The molecule has 2 heterocycles. The Morgan fingerprint density at radius 1 is 1.10 bits per heavy atom. The minimum absolute atomic E-state index is 0.0462. The van der Waals surface area contributed by atoms with Crippen LogP contribution in [0.2, 0.25) is 10.0 Å². The average Bonchev–Trinajstić information content (AvgIpc) is 3.39. The van der Waals surface area contributed by atoms with Gasteiger partial charge >= 0.3 is 0 Å². The SMILES string of the molecule is CCCNC(=O)c1ccc(C(=O)N/N=C(\C)c2csc(-c3ccc(Cl)c(Cl)c3)c2O)s1. The Morgan fingerprint density at radius 3 is 2.48 bits per heavy atom. The van der Waals surface area contributed by atoms with E-state index >= 15 is 0 Å². The summed E-state index contributed by atoms with van der Waals surface area (Å²) in [6.45, 7) is 4.22. The van der Waals surface area contributed by atoms with Crippen molar-refractivity contribution in [2.24, 2.45) is 5.10 Å². The number of carbonyl (C=O) groups is 2. The second kappa shape index (κ2) is 10.3. The number of nitrogens with zero attached hydrogens (tertiary/aromatic N) is 1. The number of rotatable bonds is 7. The summed E-state index contributed by atoms with van der Waals surface area (Å²) in [5, 5.41) is 20.1. The molecule has 3 aromatic rings. The van der Waals surface area contributed by atoms with Gasteiger partial charge in [-0.1, -0.05) is 36.2 Å². The highest BCUT2D eigenvalue weighted by Gasteiger charge is 2.17. The number of benzene rings is 1. The molecule has 0 fully saturated rings. The Morgan fingerprint density at radius 2 is 1.81 bits per heavy atom. The number of hydrogen-bond acceptors (Lipinski definition) is 6. The third-order valence-corrected chi connectivity index (χ3v) is 7.09. The standard InChI is InChI=1S/C21H19Cl2N3O3S2/c1-3-8-24-20(28)16-6-7-17(31-16)21(29)26-25-11(2)13-10-30-19(18(13)27)12-4-5-14(22)15(23)9-12/h4-7,9-10,27H,3,8H2,1-2H3,(H,24,28)(H,26,29)/b25-11+. The molecule has 0 radical (unpaired) electrons. The Labute approximate surface area is 197 Å². The Kier molecular flexibility index (Phi) is 7.72. The molecule has 0 unspecified atom stereocenters. The van der Waals surface area contributed by atoms with E-state index in [0.717, 1.165) is 23.3 Å². The molecule has 3 rings (SSSR count). The summed E-state index contributed by atoms with van der Waals surface area (Å²) in [5.74, 6) is -0.591. The largest absolute Gasteiger partial charge is 0.506 e. The van der Waals surface area contributed by atoms with Crippen molar-refractivity contribution in [1.29, 1.82) is 0 Å². The number of nitrogens with one attached hydrogen (secondary N) is 2. The highest BCUT2D eigenvalue weighted by atomic mass is 35.5. The van der Waals surface area contributed by atoms with Crippen LogP contribution in [-0.4, -0.2) is 29.2 Å². The van der Waals surface area contributed by atoms with Gasteiger partial charge in [-0.05, 0) is 43.2 Å². The molecule has 2 aromatic heterocycles. The molecule has 0 atom stereocenters. The van der Waals surface area contributed by atoms with E-state index in [1.807, 2.05) is 6.92 Å². The fourth-order valence-corrected chi connectivity index (χ4v) is 4.72. The van der Waals surface area contributed by atoms with E-state index < -0.39 is 5.91 Å². The van der Waals surface area contributed by atoms with Crippen LogP contribution in [0.1, 0.15) is 45.2 Å². The van der Waals surface area contributed by atoms with Gasteiger partial charge in [0.15, 0.2) is 0 Å². The molecule has 3 N–H and O–H groups in total. The van der Waals surface area contributed by atoms with E-state index in [1.54, 1.807) is 42.6 Å². The molecule has 0 aliphatic carbocycles. The molecule has 0 spiro atoms. The van der Waals surface area contributed by atoms with Crippen molar-refractivity contribution in [3.05, 3.63) is 61.1 Å². The van der Waals surface area contributed by atoms with Gasteiger partial charge < -0.3 is 10.4 Å². The molecule has 1 aromatic carbocycles. The zero-order valence-electron chi connectivity index (χ0n) is 16.7. The summed E-state index contributed by atoms with van der Waals surface area (Å²) in [6, 6.07) is 8.30. The first-order chi connectivity index (χ1) is 14.8. The first-order valence-corrected chi connectivity index (χ1v) is 11.8. The van der Waals surface area contributed by atoms with E-state index in [-0.39, 0.29) is 11.7 Å². The highest BCUT2D eigenvalue weighted by Crippen LogP contribution is 2.40. The molecule has 31 heavy (non-hydrogen) atoms. The average molecular weight is 496 g/mol. The molecule has 0 bridgehead atoms. The van der Waals surface area contributed by atoms with Crippen molar-refractivity contribution < 1.29 is 14.7 Å². The zero-order valence-corrected chi connectivity index (χ0v) is 19.8. The zero-order chi connectivity index (χ0) is 22.5. The van der Waals surface area contributed by atoms with Crippen molar-refractivity contribution in [3.8, 4) is 16.2 Å². The maximum atomic E-state index is 12.4. The first kappa shape index (κ1) is 23.3. The van der Waals surface area contributed by atoms with Crippen LogP contribution in [0.4, 0.5) is 0 Å². The summed E-state index contributed by atoms with van der Waals surface area (Å²) in [5.41, 5.74) is 4.13. The number of carbonyl (C=O) groups excluding carboxylic acids is 2. The van der Waals surface area contributed by atoms with E-state index in [9.17, 15) is 14.7 Å². The van der Waals surface area contributed by atoms with Gasteiger partial charge in [0.25, 0.3) is 11.8 Å². The second-order valence-electron chi connectivity index (χ2n) is 6.51. The van der Waals surface area contributed by atoms with Crippen LogP contribution in [0.25, 0.3) is 10.4 Å². The van der Waals surface area contributed by atoms with Gasteiger partial charge in [0.1, 0.15) is 5.75 Å². The van der Waals surface area contributed by atoms with Crippen molar-refractivity contribution in [2.75, 3.05) is 6.54 Å². The summed E-state index contributed by atoms with van der Waals surface area (Å²) < 4.78 is 0. The van der Waals surface area contributed by atoms with Gasteiger partial charge in [-0.15, -0.1) is 22.7 Å². The monoisotopic (exact) mass is 495 g/mol. The van der Waals surface area contributed by atoms with E-state index in [1.165, 1.54) is 11.3 Å². The smallest absolute Gasteiger partial charge is 0.281 e. The van der Waals surface area contributed by atoms with Crippen LogP contribution >= 0.6 is 45.9 Å². The molecular weight excluding hydrogens is 477 g/mol. The molecule has 6 nitrogen and oxygen atoms in total. The summed E-state index contributed by atoms with van der Waals surface area (Å²) in [4.78, 5) is 25.8. The molecule has 0 aliphatic heterocycles. The Balaban J connectivity index is 1.72. The first-order valence-electron chi connectivity index (χ1n) is 9.30. The number of halogens is 2. The normalized spacial score (nSPS) is 11.4. The number of hydrazone groups is 1. The van der Waals surface area contributed by atoms with Crippen LogP contribution in [0.15, 0.2) is 40.8 Å². The third kappa shape index (κ3) is 5.46.